The number of aliphatic hydroxyl groups excluding tert-OH is 1. The molecule has 2 amide bonds. The van der Waals surface area contributed by atoms with E-state index in [0.29, 0.717) is 53.7 Å². The van der Waals surface area contributed by atoms with Crippen LogP contribution in [0.25, 0.3) is 11.3 Å². The van der Waals surface area contributed by atoms with E-state index in [2.05, 4.69) is 26.8 Å². The quantitative estimate of drug-likeness (QED) is 0.419. The van der Waals surface area contributed by atoms with Crippen LogP contribution in [0.4, 0.5) is 17.3 Å². The summed E-state index contributed by atoms with van der Waals surface area (Å²) >= 11 is 0. The Morgan fingerprint density at radius 1 is 0.957 bits per heavy atom. The molecule has 12 heteroatoms. The van der Waals surface area contributed by atoms with E-state index in [9.17, 15) is 19.5 Å². The molecule has 0 radical (unpaired) electrons. The SMILES string of the molecule is C=C1/C=C2/C(=O)N(c3nccc(-c4cn(C)c(=O)c(Nc5ccc([C@@H]6C(=O)N(C)CCN6C)cc5)n4)c3CO)CCN2CCCCC1. The van der Waals surface area contributed by atoms with Crippen LogP contribution in [-0.4, -0.2) is 93.0 Å². The van der Waals surface area contributed by atoms with Crippen LogP contribution in [0.15, 0.2) is 71.4 Å². The zero-order chi connectivity index (χ0) is 33.2. The van der Waals surface area contributed by atoms with Crippen LogP contribution in [0, 0.1) is 0 Å². The monoisotopic (exact) mass is 638 g/mol. The van der Waals surface area contributed by atoms with E-state index in [4.69, 9.17) is 0 Å². The predicted molar refractivity (Wildman–Crippen MR) is 181 cm³/mol. The number of aromatic nitrogens is 3. The number of piperazine rings is 2. The van der Waals surface area contributed by atoms with Crippen molar-refractivity contribution in [2.75, 3.05) is 57.0 Å². The molecule has 0 unspecified atom stereocenters. The summed E-state index contributed by atoms with van der Waals surface area (Å²) in [7, 11) is 5.39. The number of allylic oxidation sites excluding steroid dienone is 2. The van der Waals surface area contributed by atoms with Gasteiger partial charge in [0.25, 0.3) is 11.5 Å². The summed E-state index contributed by atoms with van der Waals surface area (Å²) in [6.07, 6.45) is 9.12. The summed E-state index contributed by atoms with van der Waals surface area (Å²) in [5.74, 6) is 0.342. The van der Waals surface area contributed by atoms with Crippen LogP contribution in [0.2, 0.25) is 0 Å². The van der Waals surface area contributed by atoms with E-state index >= 15 is 0 Å². The van der Waals surface area contributed by atoms with Crippen molar-refractivity contribution in [2.24, 2.45) is 7.05 Å². The number of benzene rings is 1. The summed E-state index contributed by atoms with van der Waals surface area (Å²) in [5.41, 5.74) is 4.16. The van der Waals surface area contributed by atoms with Crippen LogP contribution >= 0.6 is 0 Å². The van der Waals surface area contributed by atoms with Crippen molar-refractivity contribution in [3.8, 4) is 11.3 Å². The van der Waals surface area contributed by atoms with E-state index < -0.39 is 0 Å². The number of amides is 2. The lowest BCUT2D eigenvalue weighted by molar-refractivity contribution is -0.139. The molecule has 5 heterocycles. The molecule has 2 N–H and O–H groups in total. The lowest BCUT2D eigenvalue weighted by Gasteiger charge is -2.37. The average Bonchev–Trinajstić information content (AvgIpc) is 3.16. The summed E-state index contributed by atoms with van der Waals surface area (Å²) in [6, 6.07) is 8.79. The number of anilines is 3. The number of carbonyl (C=O) groups is 2. The molecule has 2 fully saturated rings. The predicted octanol–water partition coefficient (Wildman–Crippen LogP) is 3.19. The second-order valence-electron chi connectivity index (χ2n) is 12.5. The molecule has 0 spiro atoms. The van der Waals surface area contributed by atoms with E-state index in [0.717, 1.165) is 49.9 Å². The minimum Gasteiger partial charge on any atom is -0.392 e. The first-order chi connectivity index (χ1) is 22.7. The molecule has 3 aromatic rings. The van der Waals surface area contributed by atoms with Gasteiger partial charge in [-0.2, -0.15) is 0 Å². The van der Waals surface area contributed by atoms with Gasteiger partial charge < -0.3 is 24.8 Å². The average molecular weight is 639 g/mol. The molecule has 6 rings (SSSR count). The molecule has 2 aromatic heterocycles. The number of pyridine rings is 1. The summed E-state index contributed by atoms with van der Waals surface area (Å²) in [6.45, 7) is 7.14. The van der Waals surface area contributed by atoms with Crippen molar-refractivity contribution in [2.45, 2.75) is 38.3 Å². The number of fused-ring (bicyclic) bond motifs is 1. The van der Waals surface area contributed by atoms with Crippen molar-refractivity contribution in [1.82, 2.24) is 29.2 Å². The van der Waals surface area contributed by atoms with Gasteiger partial charge in [0.15, 0.2) is 5.82 Å². The maximum atomic E-state index is 13.9. The molecule has 1 aromatic carbocycles. The Morgan fingerprint density at radius 2 is 1.74 bits per heavy atom. The topological polar surface area (TPSA) is 127 Å². The minimum absolute atomic E-state index is 0.0463. The second-order valence-corrected chi connectivity index (χ2v) is 12.5. The number of nitrogens with zero attached hydrogens (tertiary/aromatic N) is 7. The van der Waals surface area contributed by atoms with E-state index in [1.54, 1.807) is 35.3 Å². The van der Waals surface area contributed by atoms with Crippen LogP contribution in [-0.2, 0) is 23.2 Å². The number of aryl methyl sites for hydroxylation is 1. The lowest BCUT2D eigenvalue weighted by atomic mass is 10.0. The molecule has 0 saturated carbocycles. The highest BCUT2D eigenvalue weighted by atomic mass is 16.3. The number of aliphatic hydroxyl groups is 1. The number of nitrogens with one attached hydrogen (secondary N) is 1. The highest BCUT2D eigenvalue weighted by Gasteiger charge is 2.34. The molecule has 3 aliphatic rings. The Morgan fingerprint density at radius 3 is 2.51 bits per heavy atom. The lowest BCUT2D eigenvalue weighted by Crippen LogP contribution is -2.49. The van der Waals surface area contributed by atoms with Crippen LogP contribution < -0.4 is 15.8 Å². The smallest absolute Gasteiger partial charge is 0.293 e. The largest absolute Gasteiger partial charge is 0.392 e. The molecule has 246 valence electrons. The third kappa shape index (κ3) is 6.43. The molecule has 2 saturated heterocycles. The van der Waals surface area contributed by atoms with Gasteiger partial charge >= 0.3 is 0 Å². The number of likely N-dealkylation sites (N-methyl/N-ethyl adjacent to an activating group) is 2. The molecular weight excluding hydrogens is 596 g/mol. The van der Waals surface area contributed by atoms with Gasteiger partial charge in [-0.1, -0.05) is 30.7 Å². The first-order valence-corrected chi connectivity index (χ1v) is 16.1. The Balaban J connectivity index is 1.30. The standard InChI is InChI=1S/C35H42N8O4/c1-23-8-6-5-7-15-42-18-19-43(33(45)29(42)20-23)32-27(22-44)26(13-14-36-32)28-21-41(4)35(47)31(38-28)37-25-11-9-24(10-12-25)30-34(46)40(3)17-16-39(30)2/h9-14,20-21,30,44H,1,5-8,15-19,22H2,2-4H3,(H,37,38)/b29-20-/t30-/m1/s1. The zero-order valence-corrected chi connectivity index (χ0v) is 27.3. The minimum atomic E-state index is -0.379. The highest BCUT2D eigenvalue weighted by Crippen LogP contribution is 2.33. The fourth-order valence-corrected chi connectivity index (χ4v) is 6.55. The Labute approximate surface area is 274 Å². The molecule has 3 aliphatic heterocycles. The van der Waals surface area contributed by atoms with Crippen molar-refractivity contribution in [3.05, 3.63) is 88.1 Å². The number of rotatable bonds is 6. The fraction of sp³-hybridized carbons (Fsp3) is 0.400. The molecular formula is C35H42N8O4. The van der Waals surface area contributed by atoms with E-state index in [1.807, 2.05) is 49.3 Å². The summed E-state index contributed by atoms with van der Waals surface area (Å²) < 4.78 is 1.43. The summed E-state index contributed by atoms with van der Waals surface area (Å²) in [4.78, 5) is 56.7. The molecule has 12 nitrogen and oxygen atoms in total. The van der Waals surface area contributed by atoms with Crippen molar-refractivity contribution < 1.29 is 14.7 Å². The zero-order valence-electron chi connectivity index (χ0n) is 27.3. The third-order valence-corrected chi connectivity index (χ3v) is 9.29. The van der Waals surface area contributed by atoms with Gasteiger partial charge in [-0.25, -0.2) is 9.97 Å². The maximum absolute atomic E-state index is 13.9. The Hall–Kier alpha value is -4.81. The highest BCUT2D eigenvalue weighted by molar-refractivity contribution is 6.06. The van der Waals surface area contributed by atoms with Crippen molar-refractivity contribution in [3.63, 3.8) is 0 Å². The maximum Gasteiger partial charge on any atom is 0.293 e. The molecule has 47 heavy (non-hydrogen) atoms. The Kier molecular flexibility index (Phi) is 9.24. The van der Waals surface area contributed by atoms with Gasteiger partial charge in [-0.15, -0.1) is 0 Å². The molecule has 0 bridgehead atoms. The Bertz CT molecular complexity index is 1780. The van der Waals surface area contributed by atoms with Crippen LogP contribution in [0.3, 0.4) is 0 Å². The normalized spacial score (nSPS) is 20.7. The molecule has 0 aliphatic carbocycles. The van der Waals surface area contributed by atoms with Crippen molar-refractivity contribution >= 4 is 29.1 Å². The molecule has 1 atom stereocenters. The fourth-order valence-electron chi connectivity index (χ4n) is 6.55. The van der Waals surface area contributed by atoms with Gasteiger partial charge in [0, 0.05) is 76.0 Å². The number of carbonyl (C=O) groups excluding carboxylic acids is 2. The van der Waals surface area contributed by atoms with E-state index in [1.165, 1.54) is 4.57 Å². The van der Waals surface area contributed by atoms with Gasteiger partial charge in [0.05, 0.1) is 12.3 Å². The van der Waals surface area contributed by atoms with E-state index in [-0.39, 0.29) is 35.8 Å². The van der Waals surface area contributed by atoms with Gasteiger partial charge in [0.1, 0.15) is 17.6 Å². The number of hydrogen-bond donors (Lipinski definition) is 2. The van der Waals surface area contributed by atoms with Crippen LogP contribution in [0.5, 0.6) is 0 Å². The first-order valence-electron chi connectivity index (χ1n) is 16.1. The van der Waals surface area contributed by atoms with Gasteiger partial charge in [-0.05, 0) is 56.1 Å². The van der Waals surface area contributed by atoms with Crippen LogP contribution in [0.1, 0.15) is 42.9 Å². The first kappa shape index (κ1) is 32.1. The number of hydrogen-bond acceptors (Lipinski definition) is 9. The van der Waals surface area contributed by atoms with Crippen molar-refractivity contribution in [1.29, 1.82) is 0 Å². The second kappa shape index (κ2) is 13.5. The third-order valence-electron chi connectivity index (χ3n) is 9.29. The van der Waals surface area contributed by atoms with Gasteiger partial charge in [-0.3, -0.25) is 24.2 Å². The van der Waals surface area contributed by atoms with Gasteiger partial charge in [0.2, 0.25) is 5.91 Å². The summed E-state index contributed by atoms with van der Waals surface area (Å²) in [5, 5.41) is 13.8.